The molecular formula is C55H71N9O4. The Morgan fingerprint density at radius 1 is 0.500 bits per heavy atom. The molecule has 2 N–H and O–H groups in total. The highest BCUT2D eigenvalue weighted by atomic mass is 16.2. The number of pyridine rings is 1. The number of hydrogen-bond acceptors (Lipinski definition) is 7. The highest BCUT2D eigenvalue weighted by Gasteiger charge is 2.53. The standard InChI is InChI=1S/C28H36N4O2.C27H35N5O2/c1-30(2)28(23-11-7-4-8-12-23)17-15-27(16-18-28)21-32(26(34)29-27)24-13-19-31(20-14-24)25(33)22-9-5-3-6-10-22;1-30(2)27(22-6-4-3-5-7-22)14-12-26(13-15-27)20-32(25(34)29-26)23-10-18-31(19-11-23)24(33)21-8-16-28-17-9-21/h3-12,24H,13-21H2,1-2H3,(H,29,34);3-9,16-17,23H,10-15,18-20H2,1-2H3,(H,29,34). The van der Waals surface area contributed by atoms with E-state index in [1.807, 2.05) is 40.1 Å². The third-order valence-corrected chi connectivity index (χ3v) is 16.9. The summed E-state index contributed by atoms with van der Waals surface area (Å²) >= 11 is 0. The van der Waals surface area contributed by atoms with E-state index in [1.54, 1.807) is 24.5 Å². The van der Waals surface area contributed by atoms with Crippen LogP contribution in [-0.4, -0.2) is 149 Å². The normalized spacial score (nSPS) is 27.9. The molecular weight excluding hydrogens is 851 g/mol. The fraction of sp³-hybridized carbons (Fsp3) is 0.509. The maximum Gasteiger partial charge on any atom is 0.318 e. The number of amides is 6. The minimum Gasteiger partial charge on any atom is -0.338 e. The van der Waals surface area contributed by atoms with Crippen molar-refractivity contribution >= 4 is 23.9 Å². The minimum absolute atomic E-state index is 0.0172. The predicted octanol–water partition coefficient (Wildman–Crippen LogP) is 7.57. The molecule has 13 nitrogen and oxygen atoms in total. The average Bonchev–Trinajstić information content (AvgIpc) is 3.89. The quantitative estimate of drug-likeness (QED) is 0.187. The number of urea groups is 2. The van der Waals surface area contributed by atoms with E-state index in [-0.39, 0.29) is 58.1 Å². The summed E-state index contributed by atoms with van der Waals surface area (Å²) in [7, 11) is 8.70. The predicted molar refractivity (Wildman–Crippen MR) is 265 cm³/mol. The van der Waals surface area contributed by atoms with Gasteiger partial charge < -0.3 is 30.2 Å². The van der Waals surface area contributed by atoms with Gasteiger partial charge in [-0.2, -0.15) is 0 Å². The van der Waals surface area contributed by atoms with E-state index in [4.69, 9.17) is 0 Å². The zero-order valence-corrected chi connectivity index (χ0v) is 40.6. The lowest BCUT2D eigenvalue weighted by molar-refractivity contribution is 0.0549. The molecule has 2 saturated carbocycles. The van der Waals surface area contributed by atoms with Crippen molar-refractivity contribution in [1.82, 2.24) is 45.0 Å². The summed E-state index contributed by atoms with van der Waals surface area (Å²) in [5, 5.41) is 6.78. The Morgan fingerprint density at radius 2 is 0.838 bits per heavy atom. The topological polar surface area (TPSA) is 125 Å². The van der Waals surface area contributed by atoms with Crippen LogP contribution in [0.3, 0.4) is 0 Å². The maximum absolute atomic E-state index is 13.1. The van der Waals surface area contributed by atoms with Crippen LogP contribution in [0.4, 0.5) is 9.59 Å². The Hall–Kier alpha value is -5.79. The summed E-state index contributed by atoms with van der Waals surface area (Å²) in [4.78, 5) is 68.4. The van der Waals surface area contributed by atoms with Gasteiger partial charge in [0.05, 0.1) is 11.1 Å². The first-order chi connectivity index (χ1) is 32.8. The van der Waals surface area contributed by atoms with Crippen LogP contribution >= 0.6 is 0 Å². The number of nitrogens with zero attached hydrogens (tertiary/aromatic N) is 7. The number of benzene rings is 3. The maximum atomic E-state index is 13.1. The van der Waals surface area contributed by atoms with Gasteiger partial charge in [0.15, 0.2) is 0 Å². The van der Waals surface area contributed by atoms with E-state index >= 15 is 0 Å². The average molecular weight is 922 g/mol. The monoisotopic (exact) mass is 922 g/mol. The van der Waals surface area contributed by atoms with Gasteiger partial charge in [-0.3, -0.25) is 24.4 Å². The molecule has 0 unspecified atom stereocenters. The highest BCUT2D eigenvalue weighted by Crippen LogP contribution is 2.48. The van der Waals surface area contributed by atoms with Crippen molar-refractivity contribution in [3.8, 4) is 0 Å². The van der Waals surface area contributed by atoms with E-state index in [0.717, 1.165) is 95.7 Å². The first-order valence-electron chi connectivity index (χ1n) is 25.0. The molecule has 6 fully saturated rings. The van der Waals surface area contributed by atoms with Gasteiger partial charge in [-0.1, -0.05) is 78.9 Å². The van der Waals surface area contributed by atoms with Crippen molar-refractivity contribution < 1.29 is 19.2 Å². The number of nitrogens with one attached hydrogen (secondary N) is 2. The Bertz CT molecular complexity index is 2180. The Morgan fingerprint density at radius 3 is 1.19 bits per heavy atom. The molecule has 2 aliphatic carbocycles. The molecule has 3 aromatic carbocycles. The fourth-order valence-corrected chi connectivity index (χ4v) is 12.6. The number of carbonyl (C=O) groups is 4. The molecule has 0 bridgehead atoms. The van der Waals surface area contributed by atoms with Crippen LogP contribution in [0.25, 0.3) is 0 Å². The Kier molecular flexibility index (Phi) is 13.7. The van der Waals surface area contributed by atoms with E-state index < -0.39 is 0 Å². The minimum atomic E-state index is -0.143. The molecule has 68 heavy (non-hydrogen) atoms. The first kappa shape index (κ1) is 47.3. The summed E-state index contributed by atoms with van der Waals surface area (Å²) < 4.78 is 0. The zero-order chi connectivity index (χ0) is 47.5. The van der Waals surface area contributed by atoms with E-state index in [9.17, 15) is 19.2 Å². The van der Waals surface area contributed by atoms with Crippen LogP contribution in [0.1, 0.15) is 109 Å². The van der Waals surface area contributed by atoms with E-state index in [1.165, 1.54) is 11.1 Å². The summed E-state index contributed by atoms with van der Waals surface area (Å²) in [6.45, 7) is 4.31. The highest BCUT2D eigenvalue weighted by molar-refractivity contribution is 5.94. The molecule has 6 amide bonds. The molecule has 4 aliphatic heterocycles. The summed E-state index contributed by atoms with van der Waals surface area (Å²) in [5.41, 5.74) is 3.91. The number of rotatable bonds is 8. The van der Waals surface area contributed by atoms with Crippen molar-refractivity contribution in [2.24, 2.45) is 0 Å². The van der Waals surface area contributed by atoms with Crippen LogP contribution in [0.5, 0.6) is 0 Å². The molecule has 4 aromatic rings. The zero-order valence-electron chi connectivity index (χ0n) is 40.6. The van der Waals surface area contributed by atoms with Gasteiger partial charge in [-0.05, 0) is 141 Å². The summed E-state index contributed by atoms with van der Waals surface area (Å²) in [6, 6.07) is 35.1. The molecule has 5 heterocycles. The summed E-state index contributed by atoms with van der Waals surface area (Å²) in [6.07, 6.45) is 14.7. The SMILES string of the molecule is CN(C)C1(c2ccccc2)CCC2(CC1)CN(C1CCN(C(=O)c3ccccc3)CC1)C(=O)N2.CN(C)C1(c2ccccc2)CCC2(CC1)CN(C1CCN(C(=O)c3ccncc3)CC1)C(=O)N2. The van der Waals surface area contributed by atoms with Crippen LogP contribution in [0.15, 0.2) is 116 Å². The molecule has 360 valence electrons. The third-order valence-electron chi connectivity index (χ3n) is 16.9. The summed E-state index contributed by atoms with van der Waals surface area (Å²) in [5.74, 6) is 0.144. The molecule has 4 saturated heterocycles. The third kappa shape index (κ3) is 9.36. The number of carbonyl (C=O) groups excluding carboxylic acids is 4. The van der Waals surface area contributed by atoms with Crippen LogP contribution in [0, 0.1) is 0 Å². The largest absolute Gasteiger partial charge is 0.338 e. The van der Waals surface area contributed by atoms with Crippen molar-refractivity contribution in [2.75, 3.05) is 67.5 Å². The second-order valence-corrected chi connectivity index (χ2v) is 20.9. The lowest BCUT2D eigenvalue weighted by atomic mass is 9.69. The molecule has 6 aliphatic rings. The molecule has 2 spiro atoms. The van der Waals surface area contributed by atoms with Gasteiger partial charge in [0.2, 0.25) is 0 Å². The Balaban J connectivity index is 0.000000170. The van der Waals surface area contributed by atoms with Gasteiger partial charge in [0, 0.05) is 86.0 Å². The molecule has 1 aromatic heterocycles. The van der Waals surface area contributed by atoms with Gasteiger partial charge in [-0.15, -0.1) is 0 Å². The lowest BCUT2D eigenvalue weighted by Gasteiger charge is -2.49. The van der Waals surface area contributed by atoms with Crippen LogP contribution in [-0.2, 0) is 11.1 Å². The van der Waals surface area contributed by atoms with Crippen molar-refractivity contribution in [2.45, 2.75) is 111 Å². The molecule has 0 radical (unpaired) electrons. The molecule has 13 heteroatoms. The van der Waals surface area contributed by atoms with Crippen LogP contribution < -0.4 is 10.6 Å². The van der Waals surface area contributed by atoms with Crippen molar-refractivity contribution in [1.29, 1.82) is 0 Å². The van der Waals surface area contributed by atoms with E-state index in [2.05, 4.69) is 124 Å². The van der Waals surface area contributed by atoms with Gasteiger partial charge in [0.25, 0.3) is 11.8 Å². The second kappa shape index (κ2) is 19.7. The van der Waals surface area contributed by atoms with Gasteiger partial charge in [0.1, 0.15) is 0 Å². The molecule has 0 atom stereocenters. The number of aromatic nitrogens is 1. The number of piperidine rings is 2. The van der Waals surface area contributed by atoms with Crippen molar-refractivity contribution in [3.05, 3.63) is 138 Å². The van der Waals surface area contributed by atoms with Gasteiger partial charge in [-0.25, -0.2) is 9.59 Å². The van der Waals surface area contributed by atoms with Crippen molar-refractivity contribution in [3.63, 3.8) is 0 Å². The van der Waals surface area contributed by atoms with E-state index in [0.29, 0.717) is 31.7 Å². The van der Waals surface area contributed by atoms with Crippen LogP contribution in [0.2, 0.25) is 0 Å². The number of likely N-dealkylation sites (tertiary alicyclic amines) is 2. The second-order valence-electron chi connectivity index (χ2n) is 20.9. The van der Waals surface area contributed by atoms with Gasteiger partial charge >= 0.3 is 12.1 Å². The first-order valence-corrected chi connectivity index (χ1v) is 25.0. The fourth-order valence-electron chi connectivity index (χ4n) is 12.6. The smallest absolute Gasteiger partial charge is 0.318 e. The lowest BCUT2D eigenvalue weighted by Crippen LogP contribution is -2.54. The number of hydrogen-bond donors (Lipinski definition) is 2. The molecule has 10 rings (SSSR count). The Labute approximate surface area is 403 Å².